The first-order valence-corrected chi connectivity index (χ1v) is 18.6. The smallest absolute Gasteiger partial charge is 0.359 e. The van der Waals surface area contributed by atoms with Crippen LogP contribution in [0.25, 0.3) is 11.1 Å². The van der Waals surface area contributed by atoms with E-state index in [0.717, 1.165) is 96.1 Å². The molecule has 0 fully saturated rings. The van der Waals surface area contributed by atoms with Gasteiger partial charge in [-0.05, 0) is 85.9 Å². The van der Waals surface area contributed by atoms with E-state index < -0.39 is 11.7 Å². The molecule has 0 saturated carbocycles. The molecule has 0 N–H and O–H groups in total. The average molecular weight is 734 g/mol. The van der Waals surface area contributed by atoms with Crippen molar-refractivity contribution in [3.05, 3.63) is 134 Å². The first-order valence-electron chi connectivity index (χ1n) is 17.7. The van der Waals surface area contributed by atoms with Crippen molar-refractivity contribution in [2.45, 2.75) is 69.7 Å². The third-order valence-electron chi connectivity index (χ3n) is 9.73. The van der Waals surface area contributed by atoms with E-state index in [1.54, 1.807) is 12.1 Å². The summed E-state index contributed by atoms with van der Waals surface area (Å²) in [6.07, 6.45) is -1.54. The molecule has 0 radical (unpaired) electrons. The zero-order valence-electron chi connectivity index (χ0n) is 29.7. The molecule has 52 heavy (non-hydrogen) atoms. The molecule has 0 bridgehead atoms. The Morgan fingerprint density at radius 3 is 2.19 bits per heavy atom. The van der Waals surface area contributed by atoms with Crippen LogP contribution in [0.3, 0.4) is 0 Å². The lowest BCUT2D eigenvalue weighted by Crippen LogP contribution is -2.32. The van der Waals surface area contributed by atoms with E-state index in [1.807, 2.05) is 24.3 Å². The topological polar surface area (TPSA) is 67.4 Å². The number of alkyl halides is 3. The van der Waals surface area contributed by atoms with Gasteiger partial charge in [0.1, 0.15) is 11.5 Å². The van der Waals surface area contributed by atoms with E-state index >= 15 is 0 Å². The van der Waals surface area contributed by atoms with Crippen LogP contribution in [0.2, 0.25) is 0 Å². The molecular formula is C40H43F4N5O2S. The van der Waals surface area contributed by atoms with Crippen molar-refractivity contribution in [3.63, 3.8) is 0 Å². The molecule has 1 aliphatic rings. The number of halogens is 4. The predicted molar refractivity (Wildman–Crippen MR) is 196 cm³/mol. The SMILES string of the molecule is CCN(CC)CCN(C)Cc1onc(Cn2c(SCc3ccc(F)cc3)nc(=O)c3c2CCC3)c1Cc1ccc(-c2ccc(C(F)(F)F)cc2)cc1. The lowest BCUT2D eigenvalue weighted by atomic mass is 9.98. The van der Waals surface area contributed by atoms with E-state index in [-0.39, 0.29) is 11.4 Å². The van der Waals surface area contributed by atoms with Crippen LogP contribution >= 0.6 is 11.8 Å². The van der Waals surface area contributed by atoms with Crippen LogP contribution < -0.4 is 5.56 Å². The fourth-order valence-corrected chi connectivity index (χ4v) is 7.58. The Balaban J connectivity index is 1.30. The maximum absolute atomic E-state index is 13.6. The summed E-state index contributed by atoms with van der Waals surface area (Å²) in [5.74, 6) is 0.976. The van der Waals surface area contributed by atoms with Gasteiger partial charge < -0.3 is 14.0 Å². The van der Waals surface area contributed by atoms with Crippen LogP contribution in [0, 0.1) is 5.82 Å². The predicted octanol–water partition coefficient (Wildman–Crippen LogP) is 8.25. The molecule has 2 aromatic heterocycles. The quantitative estimate of drug-likeness (QED) is 0.0610. The highest BCUT2D eigenvalue weighted by Crippen LogP contribution is 2.32. The van der Waals surface area contributed by atoms with Crippen molar-refractivity contribution in [1.82, 2.24) is 24.5 Å². The standard InChI is InChI=1S/C40H43F4N5O2S/c1-4-48(5-2)22-21-47(3)25-37-34(23-27-9-13-29(14-10-27)30-15-17-31(18-16-30)40(42,43)44)35(46-51-37)24-49-36-8-6-7-33(36)38(50)45-39(49)52-26-28-11-19-32(41)20-12-28/h9-20H,4-8,21-26H2,1-3H3. The van der Waals surface area contributed by atoms with Crippen molar-refractivity contribution in [2.75, 3.05) is 33.2 Å². The minimum atomic E-state index is -4.39. The average Bonchev–Trinajstić information content (AvgIpc) is 3.78. The summed E-state index contributed by atoms with van der Waals surface area (Å²) >= 11 is 1.44. The molecule has 0 unspecified atom stereocenters. The number of thioether (sulfide) groups is 1. The second kappa shape index (κ2) is 16.6. The largest absolute Gasteiger partial charge is 0.416 e. The second-order valence-corrected chi connectivity index (χ2v) is 14.2. The van der Waals surface area contributed by atoms with Crippen molar-refractivity contribution in [1.29, 1.82) is 0 Å². The van der Waals surface area contributed by atoms with Gasteiger partial charge in [-0.3, -0.25) is 9.69 Å². The maximum atomic E-state index is 13.6. The lowest BCUT2D eigenvalue weighted by Gasteiger charge is -2.22. The molecule has 6 rings (SSSR count). The monoisotopic (exact) mass is 733 g/mol. The summed E-state index contributed by atoms with van der Waals surface area (Å²) in [4.78, 5) is 22.2. The Labute approximate surface area is 305 Å². The molecule has 0 amide bonds. The first kappa shape index (κ1) is 37.5. The molecule has 0 saturated heterocycles. The summed E-state index contributed by atoms with van der Waals surface area (Å²) in [7, 11) is 2.07. The van der Waals surface area contributed by atoms with Crippen molar-refractivity contribution < 1.29 is 22.1 Å². The van der Waals surface area contributed by atoms with E-state index in [2.05, 4.69) is 45.4 Å². The number of hydrogen-bond acceptors (Lipinski definition) is 7. The zero-order chi connectivity index (χ0) is 36.8. The molecule has 2 heterocycles. The van der Waals surface area contributed by atoms with E-state index in [4.69, 9.17) is 4.52 Å². The highest BCUT2D eigenvalue weighted by Gasteiger charge is 2.30. The molecule has 12 heteroatoms. The molecular weight excluding hydrogens is 691 g/mol. The summed E-state index contributed by atoms with van der Waals surface area (Å²) < 4.78 is 61.1. The summed E-state index contributed by atoms with van der Waals surface area (Å²) in [6.45, 7) is 8.96. The Morgan fingerprint density at radius 1 is 0.885 bits per heavy atom. The molecule has 0 spiro atoms. The fraction of sp³-hybridized carbons (Fsp3) is 0.375. The zero-order valence-corrected chi connectivity index (χ0v) is 30.5. The number of benzene rings is 3. The van der Waals surface area contributed by atoms with Gasteiger partial charge in [-0.25, -0.2) is 4.39 Å². The highest BCUT2D eigenvalue weighted by atomic mass is 32.2. The number of nitrogens with zero attached hydrogens (tertiary/aromatic N) is 5. The Hall–Kier alpha value is -4.26. The minimum absolute atomic E-state index is 0.200. The third-order valence-corrected chi connectivity index (χ3v) is 10.8. The Kier molecular flexibility index (Phi) is 12.0. The molecule has 0 atom stereocenters. The summed E-state index contributed by atoms with van der Waals surface area (Å²) in [5, 5.41) is 5.20. The van der Waals surface area contributed by atoms with Gasteiger partial charge in [0.2, 0.25) is 0 Å². The van der Waals surface area contributed by atoms with Gasteiger partial charge in [0.15, 0.2) is 10.9 Å². The Morgan fingerprint density at radius 2 is 1.54 bits per heavy atom. The summed E-state index contributed by atoms with van der Waals surface area (Å²) in [6, 6.07) is 19.3. The normalized spacial score (nSPS) is 13.0. The summed E-state index contributed by atoms with van der Waals surface area (Å²) in [5.41, 5.74) is 5.98. The molecule has 274 valence electrons. The number of fused-ring (bicyclic) bond motifs is 1. The van der Waals surface area contributed by atoms with Gasteiger partial charge in [-0.1, -0.05) is 79.3 Å². The van der Waals surface area contributed by atoms with Gasteiger partial charge >= 0.3 is 6.18 Å². The van der Waals surface area contributed by atoms with Crippen molar-refractivity contribution >= 4 is 11.8 Å². The molecule has 5 aromatic rings. The van der Waals surface area contributed by atoms with Gasteiger partial charge in [0, 0.05) is 42.1 Å². The lowest BCUT2D eigenvalue weighted by molar-refractivity contribution is -0.137. The van der Waals surface area contributed by atoms with Crippen LogP contribution in [0.1, 0.15) is 65.2 Å². The van der Waals surface area contributed by atoms with Crippen LogP contribution in [0.4, 0.5) is 17.6 Å². The van der Waals surface area contributed by atoms with Crippen LogP contribution in [0.15, 0.2) is 87.3 Å². The number of aromatic nitrogens is 3. The number of hydrogen-bond donors (Lipinski definition) is 0. The fourth-order valence-electron chi connectivity index (χ4n) is 6.62. The van der Waals surface area contributed by atoms with Crippen molar-refractivity contribution in [2.24, 2.45) is 0 Å². The highest BCUT2D eigenvalue weighted by molar-refractivity contribution is 7.98. The van der Waals surface area contributed by atoms with Crippen LogP contribution in [-0.2, 0) is 44.3 Å². The molecule has 0 aliphatic heterocycles. The molecule has 3 aromatic carbocycles. The molecule has 1 aliphatic carbocycles. The third kappa shape index (κ3) is 9.02. The van der Waals surface area contributed by atoms with Gasteiger partial charge in [0.05, 0.1) is 18.7 Å². The maximum Gasteiger partial charge on any atom is 0.416 e. The second-order valence-electron chi connectivity index (χ2n) is 13.2. The molecule has 7 nitrogen and oxygen atoms in total. The Bertz CT molecular complexity index is 2000. The van der Waals surface area contributed by atoms with Gasteiger partial charge in [-0.15, -0.1) is 0 Å². The van der Waals surface area contributed by atoms with E-state index in [0.29, 0.717) is 42.4 Å². The van der Waals surface area contributed by atoms with Crippen LogP contribution in [0.5, 0.6) is 0 Å². The first-order chi connectivity index (χ1) is 25.0. The van der Waals surface area contributed by atoms with E-state index in [9.17, 15) is 22.4 Å². The minimum Gasteiger partial charge on any atom is -0.359 e. The van der Waals surface area contributed by atoms with Crippen molar-refractivity contribution in [3.8, 4) is 11.1 Å². The van der Waals surface area contributed by atoms with E-state index in [1.165, 1.54) is 36.0 Å². The number of likely N-dealkylation sites (N-methyl/N-ethyl adjacent to an activating group) is 2. The van der Waals surface area contributed by atoms with Gasteiger partial charge in [-0.2, -0.15) is 18.2 Å². The van der Waals surface area contributed by atoms with Gasteiger partial charge in [0.25, 0.3) is 5.56 Å². The number of rotatable bonds is 15. The van der Waals surface area contributed by atoms with Crippen LogP contribution in [-0.4, -0.2) is 57.7 Å².